The Balaban J connectivity index is 1.69. The molecule has 0 radical (unpaired) electrons. The van der Waals surface area contributed by atoms with Gasteiger partial charge in [0.05, 0.1) is 20.8 Å². The van der Waals surface area contributed by atoms with Crippen LogP contribution in [0.1, 0.15) is 5.76 Å². The summed E-state index contributed by atoms with van der Waals surface area (Å²) in [6.45, 7) is 0. The second-order valence-corrected chi connectivity index (χ2v) is 6.36. The summed E-state index contributed by atoms with van der Waals surface area (Å²) in [7, 11) is 0. The smallest absolute Gasteiger partial charge is 0.248 e. The van der Waals surface area contributed by atoms with E-state index in [1.807, 2.05) is 36.4 Å². The number of carbonyl (C=O) groups excluding carboxylic acids is 1. The molecule has 0 atom stereocenters. The van der Waals surface area contributed by atoms with E-state index in [2.05, 4.69) is 5.32 Å². The van der Waals surface area contributed by atoms with Crippen LogP contribution >= 0.6 is 34.8 Å². The van der Waals surface area contributed by atoms with Gasteiger partial charge in [0.2, 0.25) is 5.91 Å². The van der Waals surface area contributed by atoms with E-state index < -0.39 is 0 Å². The van der Waals surface area contributed by atoms with Crippen molar-refractivity contribution in [2.24, 2.45) is 0 Å². The van der Waals surface area contributed by atoms with Crippen molar-refractivity contribution in [1.82, 2.24) is 0 Å². The van der Waals surface area contributed by atoms with Gasteiger partial charge >= 0.3 is 0 Å². The first-order chi connectivity index (χ1) is 12.0. The molecule has 3 nitrogen and oxygen atoms in total. The Labute approximate surface area is 159 Å². The molecule has 3 aromatic rings. The maximum atomic E-state index is 12.0. The lowest BCUT2D eigenvalue weighted by atomic mass is 10.2. The Morgan fingerprint density at radius 2 is 1.64 bits per heavy atom. The fraction of sp³-hybridized carbons (Fsp3) is 0. The Morgan fingerprint density at radius 1 is 0.920 bits per heavy atom. The molecule has 1 N–H and O–H groups in total. The molecule has 1 heterocycles. The molecule has 0 fully saturated rings. The first kappa shape index (κ1) is 17.6. The lowest BCUT2D eigenvalue weighted by Gasteiger charge is -2.06. The van der Waals surface area contributed by atoms with Crippen LogP contribution in [0.15, 0.2) is 65.1 Å². The average Bonchev–Trinajstić information content (AvgIpc) is 3.08. The molecule has 3 rings (SSSR count). The largest absolute Gasteiger partial charge is 0.457 e. The average molecular weight is 393 g/mol. The van der Waals surface area contributed by atoms with Crippen LogP contribution in [-0.2, 0) is 4.79 Å². The third-order valence-electron chi connectivity index (χ3n) is 3.35. The molecule has 1 amide bonds. The number of hydrogen-bond acceptors (Lipinski definition) is 2. The lowest BCUT2D eigenvalue weighted by Crippen LogP contribution is -2.08. The molecule has 1 aromatic heterocycles. The van der Waals surface area contributed by atoms with E-state index in [1.54, 1.807) is 12.1 Å². The maximum Gasteiger partial charge on any atom is 0.248 e. The fourth-order valence-electron chi connectivity index (χ4n) is 2.15. The summed E-state index contributed by atoms with van der Waals surface area (Å²) < 4.78 is 5.70. The fourth-order valence-corrected chi connectivity index (χ4v) is 2.74. The predicted octanol–water partition coefficient (Wildman–Crippen LogP) is 6.56. The van der Waals surface area contributed by atoms with Crippen molar-refractivity contribution >= 4 is 52.5 Å². The molecular formula is C19H12Cl3NO2. The summed E-state index contributed by atoms with van der Waals surface area (Å²) in [5.41, 5.74) is 1.35. The topological polar surface area (TPSA) is 42.2 Å². The lowest BCUT2D eigenvalue weighted by molar-refractivity contribution is -0.111. The normalized spacial score (nSPS) is 11.0. The van der Waals surface area contributed by atoms with Crippen LogP contribution in [0.2, 0.25) is 15.1 Å². The van der Waals surface area contributed by atoms with Crippen molar-refractivity contribution in [3.63, 3.8) is 0 Å². The molecule has 0 unspecified atom stereocenters. The van der Waals surface area contributed by atoms with Crippen LogP contribution in [0.3, 0.4) is 0 Å². The summed E-state index contributed by atoms with van der Waals surface area (Å²) in [6.07, 6.45) is 2.93. The van der Waals surface area contributed by atoms with E-state index in [4.69, 9.17) is 39.2 Å². The van der Waals surface area contributed by atoms with Crippen LogP contribution in [0.25, 0.3) is 17.4 Å². The standard InChI is InChI=1S/C19H12Cl3NO2/c20-14-10-16(22)17(11-15(14)21)23-19(24)9-7-13-6-8-18(25-13)12-4-2-1-3-5-12/h1-11H,(H,23,24)/b9-7+. The summed E-state index contributed by atoms with van der Waals surface area (Å²) in [6, 6.07) is 16.3. The molecule has 2 aromatic carbocycles. The number of benzene rings is 2. The van der Waals surface area contributed by atoms with Crippen LogP contribution < -0.4 is 5.32 Å². The minimum Gasteiger partial charge on any atom is -0.457 e. The number of hydrogen-bond donors (Lipinski definition) is 1. The molecule has 0 spiro atoms. The van der Waals surface area contributed by atoms with Crippen molar-refractivity contribution in [1.29, 1.82) is 0 Å². The van der Waals surface area contributed by atoms with Gasteiger partial charge < -0.3 is 9.73 Å². The third-order valence-corrected chi connectivity index (χ3v) is 4.39. The number of amides is 1. The number of carbonyl (C=O) groups is 1. The highest BCUT2D eigenvalue weighted by atomic mass is 35.5. The zero-order chi connectivity index (χ0) is 17.8. The van der Waals surface area contributed by atoms with E-state index in [1.165, 1.54) is 18.2 Å². The molecule has 0 aliphatic rings. The van der Waals surface area contributed by atoms with E-state index in [0.717, 1.165) is 11.3 Å². The first-order valence-corrected chi connectivity index (χ1v) is 8.45. The summed E-state index contributed by atoms with van der Waals surface area (Å²) >= 11 is 17.8. The van der Waals surface area contributed by atoms with Gasteiger partial charge in [-0.15, -0.1) is 0 Å². The second-order valence-electron chi connectivity index (χ2n) is 5.14. The molecule has 0 saturated heterocycles. The highest BCUT2D eigenvalue weighted by Crippen LogP contribution is 2.32. The molecule has 0 aliphatic heterocycles. The number of nitrogens with one attached hydrogen (secondary N) is 1. The zero-order valence-electron chi connectivity index (χ0n) is 12.8. The van der Waals surface area contributed by atoms with Gasteiger partial charge in [0, 0.05) is 11.6 Å². The van der Waals surface area contributed by atoms with Crippen molar-refractivity contribution in [3.05, 3.63) is 81.5 Å². The number of halogens is 3. The Hall–Kier alpha value is -2.20. The van der Waals surface area contributed by atoms with Crippen molar-refractivity contribution in [2.45, 2.75) is 0 Å². The predicted molar refractivity (Wildman–Crippen MR) is 103 cm³/mol. The molecule has 6 heteroatoms. The van der Waals surface area contributed by atoms with Crippen molar-refractivity contribution < 1.29 is 9.21 Å². The molecule has 0 bridgehead atoms. The van der Waals surface area contributed by atoms with E-state index >= 15 is 0 Å². The molecular weight excluding hydrogens is 381 g/mol. The second kappa shape index (κ2) is 7.79. The minimum atomic E-state index is -0.363. The van der Waals surface area contributed by atoms with Gasteiger partial charge in [0.25, 0.3) is 0 Å². The molecule has 126 valence electrons. The van der Waals surface area contributed by atoms with Gasteiger partial charge in [0.1, 0.15) is 11.5 Å². The van der Waals surface area contributed by atoms with Crippen molar-refractivity contribution in [2.75, 3.05) is 5.32 Å². The summed E-state index contributed by atoms with van der Waals surface area (Å²) in [5.74, 6) is 0.931. The Kier molecular flexibility index (Phi) is 5.49. The highest BCUT2D eigenvalue weighted by Gasteiger charge is 2.08. The minimum absolute atomic E-state index is 0.306. The number of anilines is 1. The molecule has 0 aliphatic carbocycles. The zero-order valence-corrected chi connectivity index (χ0v) is 15.1. The van der Waals surface area contributed by atoms with E-state index in [9.17, 15) is 4.79 Å². The van der Waals surface area contributed by atoms with Crippen molar-refractivity contribution in [3.8, 4) is 11.3 Å². The van der Waals surface area contributed by atoms with Crippen LogP contribution in [0.5, 0.6) is 0 Å². The van der Waals surface area contributed by atoms with Crippen LogP contribution in [0, 0.1) is 0 Å². The van der Waals surface area contributed by atoms with Crippen LogP contribution in [-0.4, -0.2) is 5.91 Å². The Bertz CT molecular complexity index is 933. The monoisotopic (exact) mass is 391 g/mol. The highest BCUT2D eigenvalue weighted by molar-refractivity contribution is 6.44. The van der Waals surface area contributed by atoms with Gasteiger partial charge in [-0.2, -0.15) is 0 Å². The Morgan fingerprint density at radius 3 is 2.40 bits per heavy atom. The quantitative estimate of drug-likeness (QED) is 0.403. The van der Waals surface area contributed by atoms with Gasteiger partial charge in [-0.1, -0.05) is 65.1 Å². The third kappa shape index (κ3) is 4.45. The first-order valence-electron chi connectivity index (χ1n) is 7.32. The SMILES string of the molecule is O=C(/C=C/c1ccc(-c2ccccc2)o1)Nc1cc(Cl)c(Cl)cc1Cl. The molecule has 0 saturated carbocycles. The molecule has 25 heavy (non-hydrogen) atoms. The van der Waals surface area contributed by atoms with Gasteiger partial charge in [-0.05, 0) is 30.3 Å². The maximum absolute atomic E-state index is 12.0. The summed E-state index contributed by atoms with van der Waals surface area (Å²) in [5, 5.41) is 3.58. The van der Waals surface area contributed by atoms with Crippen LogP contribution in [0.4, 0.5) is 5.69 Å². The van der Waals surface area contributed by atoms with Gasteiger partial charge in [-0.3, -0.25) is 4.79 Å². The number of furan rings is 1. The van der Waals surface area contributed by atoms with Gasteiger partial charge in [0.15, 0.2) is 0 Å². The van der Waals surface area contributed by atoms with E-state index in [-0.39, 0.29) is 5.91 Å². The van der Waals surface area contributed by atoms with Gasteiger partial charge in [-0.25, -0.2) is 0 Å². The number of rotatable bonds is 4. The van der Waals surface area contributed by atoms with E-state index in [0.29, 0.717) is 26.5 Å². The summed E-state index contributed by atoms with van der Waals surface area (Å²) in [4.78, 5) is 12.0.